The highest BCUT2D eigenvalue weighted by Gasteiger charge is 1.87. The van der Waals surface area contributed by atoms with E-state index in [9.17, 15) is 0 Å². The Kier molecular flexibility index (Phi) is 6.11. The quantitative estimate of drug-likeness (QED) is 0.684. The zero-order valence-corrected chi connectivity index (χ0v) is 8.22. The fraction of sp³-hybridized carbons (Fsp3) is 0.400. The summed E-state index contributed by atoms with van der Waals surface area (Å²) in [6.45, 7) is 6.04. The minimum atomic E-state index is 0.988. The van der Waals surface area contributed by atoms with Crippen LogP contribution < -0.4 is 5.48 Å². The number of nitrogens with one attached hydrogen (secondary N) is 1. The van der Waals surface area contributed by atoms with E-state index >= 15 is 0 Å². The van der Waals surface area contributed by atoms with Crippen LogP contribution in [0.5, 0.6) is 0 Å². The maximum Gasteiger partial charge on any atom is 0.0636 e. The number of hydrogen-bond acceptors (Lipinski definition) is 2. The Balaban J connectivity index is 0.000000561. The average molecular weight is 167 g/mol. The van der Waals surface area contributed by atoms with Crippen LogP contribution in [0.25, 0.3) is 0 Å². The van der Waals surface area contributed by atoms with Crippen molar-refractivity contribution in [3.63, 3.8) is 0 Å². The number of anilines is 1. The molecule has 1 rings (SSSR count). The molecular formula is C10H17NO. The van der Waals surface area contributed by atoms with Gasteiger partial charge in [-0.2, -0.15) is 0 Å². The van der Waals surface area contributed by atoms with Crippen molar-refractivity contribution in [3.05, 3.63) is 29.8 Å². The van der Waals surface area contributed by atoms with Gasteiger partial charge in [-0.3, -0.25) is 10.3 Å². The number of benzene rings is 1. The number of aryl methyl sites for hydroxylation is 1. The molecule has 0 aliphatic heterocycles. The van der Waals surface area contributed by atoms with Crippen LogP contribution in [0, 0.1) is 6.92 Å². The van der Waals surface area contributed by atoms with Gasteiger partial charge in [0, 0.05) is 0 Å². The van der Waals surface area contributed by atoms with Crippen LogP contribution in [0.2, 0.25) is 0 Å². The Hall–Kier alpha value is -1.02. The Morgan fingerprint density at radius 3 is 2.42 bits per heavy atom. The van der Waals surface area contributed by atoms with Crippen LogP contribution in [-0.2, 0) is 4.84 Å². The first kappa shape index (κ1) is 11.0. The van der Waals surface area contributed by atoms with Gasteiger partial charge in [-0.1, -0.05) is 26.0 Å². The SMILES string of the molecule is CC.CONc1cccc(C)c1. The molecule has 0 fully saturated rings. The molecule has 12 heavy (non-hydrogen) atoms. The van der Waals surface area contributed by atoms with Gasteiger partial charge >= 0.3 is 0 Å². The van der Waals surface area contributed by atoms with E-state index in [0.29, 0.717) is 0 Å². The van der Waals surface area contributed by atoms with Crippen LogP contribution in [0.1, 0.15) is 19.4 Å². The molecule has 0 heterocycles. The van der Waals surface area contributed by atoms with Crippen LogP contribution in [0.15, 0.2) is 24.3 Å². The molecule has 0 amide bonds. The number of rotatable bonds is 2. The van der Waals surface area contributed by atoms with E-state index in [1.807, 2.05) is 45.0 Å². The highest BCUT2D eigenvalue weighted by molar-refractivity contribution is 5.43. The van der Waals surface area contributed by atoms with Crippen LogP contribution in [0.4, 0.5) is 5.69 Å². The molecule has 1 N–H and O–H groups in total. The molecule has 2 heteroatoms. The molecule has 0 bridgehead atoms. The van der Waals surface area contributed by atoms with Gasteiger partial charge in [-0.25, -0.2) is 0 Å². The fourth-order valence-electron chi connectivity index (χ4n) is 0.826. The van der Waals surface area contributed by atoms with Crippen molar-refractivity contribution in [2.45, 2.75) is 20.8 Å². The van der Waals surface area contributed by atoms with Crippen LogP contribution >= 0.6 is 0 Å². The molecule has 0 saturated heterocycles. The Morgan fingerprint density at radius 1 is 1.25 bits per heavy atom. The molecule has 0 aliphatic carbocycles. The molecule has 1 aromatic rings. The third kappa shape index (κ3) is 3.98. The summed E-state index contributed by atoms with van der Waals surface area (Å²) in [7, 11) is 1.60. The lowest BCUT2D eigenvalue weighted by molar-refractivity contribution is 0.271. The van der Waals surface area contributed by atoms with Crippen LogP contribution in [-0.4, -0.2) is 7.11 Å². The van der Waals surface area contributed by atoms with E-state index in [-0.39, 0.29) is 0 Å². The molecule has 0 saturated carbocycles. The van der Waals surface area contributed by atoms with Gasteiger partial charge in [0.05, 0.1) is 12.8 Å². The third-order valence-corrected chi connectivity index (χ3v) is 1.24. The normalized spacial score (nSPS) is 8.33. The van der Waals surface area contributed by atoms with Gasteiger partial charge in [0.15, 0.2) is 0 Å². The Labute approximate surface area is 74.5 Å². The van der Waals surface area contributed by atoms with Crippen molar-refractivity contribution in [2.24, 2.45) is 0 Å². The summed E-state index contributed by atoms with van der Waals surface area (Å²) >= 11 is 0. The summed E-state index contributed by atoms with van der Waals surface area (Å²) in [6, 6.07) is 8.00. The van der Waals surface area contributed by atoms with E-state index < -0.39 is 0 Å². The fourth-order valence-corrected chi connectivity index (χ4v) is 0.826. The lowest BCUT2D eigenvalue weighted by Gasteiger charge is -2.01. The monoisotopic (exact) mass is 167 g/mol. The molecule has 0 radical (unpaired) electrons. The molecule has 0 spiro atoms. The maximum atomic E-state index is 4.73. The second-order valence-electron chi connectivity index (χ2n) is 2.18. The summed E-state index contributed by atoms with van der Waals surface area (Å²) in [5.74, 6) is 0. The van der Waals surface area contributed by atoms with Gasteiger partial charge in [0.25, 0.3) is 0 Å². The average Bonchev–Trinajstić information content (AvgIpc) is 2.09. The summed E-state index contributed by atoms with van der Waals surface area (Å²) in [5, 5.41) is 0. The minimum absolute atomic E-state index is 0.988. The second kappa shape index (κ2) is 6.68. The first-order chi connectivity index (χ1) is 5.83. The van der Waals surface area contributed by atoms with Gasteiger partial charge in [0.1, 0.15) is 0 Å². The zero-order chi connectivity index (χ0) is 9.40. The molecule has 0 aliphatic rings. The molecule has 1 aromatic carbocycles. The van der Waals surface area contributed by atoms with Gasteiger partial charge in [-0.15, -0.1) is 0 Å². The summed E-state index contributed by atoms with van der Waals surface area (Å²) in [6.07, 6.45) is 0. The summed E-state index contributed by atoms with van der Waals surface area (Å²) in [4.78, 5) is 4.73. The zero-order valence-electron chi connectivity index (χ0n) is 8.22. The standard InChI is InChI=1S/C8H11NO.C2H6/c1-7-4-3-5-8(6-7)9-10-2;1-2/h3-6,9H,1-2H3;1-2H3. The van der Waals surface area contributed by atoms with Crippen molar-refractivity contribution >= 4 is 5.69 Å². The smallest absolute Gasteiger partial charge is 0.0636 e. The topological polar surface area (TPSA) is 21.3 Å². The predicted molar refractivity (Wildman–Crippen MR) is 53.2 cm³/mol. The van der Waals surface area contributed by atoms with Crippen LogP contribution in [0.3, 0.4) is 0 Å². The minimum Gasteiger partial charge on any atom is -0.279 e. The van der Waals surface area contributed by atoms with Crippen molar-refractivity contribution in [1.29, 1.82) is 0 Å². The highest BCUT2D eigenvalue weighted by Crippen LogP contribution is 2.08. The van der Waals surface area contributed by atoms with E-state index in [0.717, 1.165) is 5.69 Å². The first-order valence-corrected chi connectivity index (χ1v) is 4.18. The molecule has 68 valence electrons. The lowest BCUT2D eigenvalue weighted by Crippen LogP contribution is -1.94. The van der Waals surface area contributed by atoms with Crippen molar-refractivity contribution in [2.75, 3.05) is 12.6 Å². The second-order valence-corrected chi connectivity index (χ2v) is 2.18. The highest BCUT2D eigenvalue weighted by atomic mass is 16.6. The van der Waals surface area contributed by atoms with E-state index in [1.54, 1.807) is 7.11 Å². The number of hydrogen-bond donors (Lipinski definition) is 1. The lowest BCUT2D eigenvalue weighted by atomic mass is 10.2. The maximum absolute atomic E-state index is 4.73. The predicted octanol–water partition coefficient (Wildman–Crippen LogP) is 2.99. The molecular weight excluding hydrogens is 150 g/mol. The Bertz CT molecular complexity index is 211. The van der Waals surface area contributed by atoms with Crippen molar-refractivity contribution < 1.29 is 4.84 Å². The van der Waals surface area contributed by atoms with Crippen molar-refractivity contribution in [1.82, 2.24) is 0 Å². The summed E-state index contributed by atoms with van der Waals surface area (Å²) in [5.41, 5.74) is 4.96. The van der Waals surface area contributed by atoms with Gasteiger partial charge in [0.2, 0.25) is 0 Å². The van der Waals surface area contributed by atoms with Gasteiger partial charge < -0.3 is 0 Å². The summed E-state index contributed by atoms with van der Waals surface area (Å²) < 4.78 is 0. The van der Waals surface area contributed by atoms with Crippen molar-refractivity contribution in [3.8, 4) is 0 Å². The molecule has 0 aromatic heterocycles. The van der Waals surface area contributed by atoms with E-state index in [2.05, 4.69) is 5.48 Å². The Morgan fingerprint density at radius 2 is 1.92 bits per heavy atom. The molecule has 0 atom stereocenters. The largest absolute Gasteiger partial charge is 0.279 e. The van der Waals surface area contributed by atoms with E-state index in [1.165, 1.54) is 5.56 Å². The van der Waals surface area contributed by atoms with E-state index in [4.69, 9.17) is 4.84 Å². The third-order valence-electron chi connectivity index (χ3n) is 1.24. The molecule has 0 unspecified atom stereocenters. The molecule has 2 nitrogen and oxygen atoms in total. The first-order valence-electron chi connectivity index (χ1n) is 4.18. The van der Waals surface area contributed by atoms with Gasteiger partial charge in [-0.05, 0) is 24.6 Å².